The molecule has 0 saturated carbocycles. The number of hydrogen-bond donors (Lipinski definition) is 2. The molecule has 1 amide bonds. The lowest BCUT2D eigenvalue weighted by Crippen LogP contribution is -2.12. The largest absolute Gasteiger partial charge is 0.497 e. The van der Waals surface area contributed by atoms with Crippen LogP contribution in [0.15, 0.2) is 48.5 Å². The van der Waals surface area contributed by atoms with Gasteiger partial charge in [-0.25, -0.2) is 4.98 Å². The molecule has 3 rings (SSSR count). The van der Waals surface area contributed by atoms with E-state index in [0.717, 1.165) is 11.3 Å². The first-order chi connectivity index (χ1) is 11.1. The maximum atomic E-state index is 11.7. The molecular weight excluding hydrogens is 314 g/mol. The minimum Gasteiger partial charge on any atom is -0.497 e. The van der Waals surface area contributed by atoms with Crippen LogP contribution in [0.1, 0.15) is 10.5 Å². The van der Waals surface area contributed by atoms with Crippen LogP contribution in [0.3, 0.4) is 0 Å². The topological polar surface area (TPSA) is 81.0 Å². The van der Waals surface area contributed by atoms with Crippen molar-refractivity contribution >= 4 is 17.5 Å². The lowest BCUT2D eigenvalue weighted by atomic mass is 10.1. The molecular formula is C17H14ClN3O2. The number of benzene rings is 2. The molecule has 0 saturated heterocycles. The van der Waals surface area contributed by atoms with Crippen molar-refractivity contribution in [1.82, 2.24) is 9.97 Å². The monoisotopic (exact) mass is 327 g/mol. The van der Waals surface area contributed by atoms with Gasteiger partial charge in [0.1, 0.15) is 23.0 Å². The second-order valence-corrected chi connectivity index (χ2v) is 5.29. The highest BCUT2D eigenvalue weighted by Crippen LogP contribution is 2.30. The molecule has 6 heteroatoms. The molecule has 1 heterocycles. The van der Waals surface area contributed by atoms with Gasteiger partial charge in [0.2, 0.25) is 0 Å². The number of imidazole rings is 1. The van der Waals surface area contributed by atoms with E-state index in [0.29, 0.717) is 22.1 Å². The highest BCUT2D eigenvalue weighted by atomic mass is 35.5. The van der Waals surface area contributed by atoms with E-state index in [1.165, 1.54) is 0 Å². The zero-order valence-electron chi connectivity index (χ0n) is 12.3. The van der Waals surface area contributed by atoms with Crippen molar-refractivity contribution in [3.63, 3.8) is 0 Å². The summed E-state index contributed by atoms with van der Waals surface area (Å²) in [6.07, 6.45) is 0. The van der Waals surface area contributed by atoms with E-state index in [1.807, 2.05) is 30.3 Å². The average molecular weight is 328 g/mol. The maximum absolute atomic E-state index is 11.7. The third-order valence-corrected chi connectivity index (χ3v) is 3.77. The molecule has 0 fully saturated rings. The molecule has 5 nitrogen and oxygen atoms in total. The van der Waals surface area contributed by atoms with Crippen LogP contribution < -0.4 is 10.5 Å². The first-order valence-corrected chi connectivity index (χ1v) is 7.27. The van der Waals surface area contributed by atoms with E-state index in [4.69, 9.17) is 22.1 Å². The molecule has 0 spiro atoms. The van der Waals surface area contributed by atoms with E-state index in [-0.39, 0.29) is 5.69 Å². The number of nitrogens with two attached hydrogens (primary N) is 1. The fraction of sp³-hybridized carbons (Fsp3) is 0.0588. The van der Waals surface area contributed by atoms with Crippen LogP contribution in [0.5, 0.6) is 5.75 Å². The Morgan fingerprint density at radius 1 is 1.17 bits per heavy atom. The van der Waals surface area contributed by atoms with Gasteiger partial charge in [0, 0.05) is 11.1 Å². The molecule has 0 aliphatic rings. The van der Waals surface area contributed by atoms with Crippen LogP contribution in [0.4, 0.5) is 0 Å². The van der Waals surface area contributed by atoms with Crippen LogP contribution in [0, 0.1) is 0 Å². The fourth-order valence-corrected chi connectivity index (χ4v) is 2.52. The summed E-state index contributed by atoms with van der Waals surface area (Å²) in [5.74, 6) is 0.632. The van der Waals surface area contributed by atoms with Crippen molar-refractivity contribution in [3.05, 3.63) is 59.2 Å². The minimum absolute atomic E-state index is 0.241. The van der Waals surface area contributed by atoms with Gasteiger partial charge in [-0.2, -0.15) is 0 Å². The molecule has 23 heavy (non-hydrogen) atoms. The van der Waals surface area contributed by atoms with Crippen molar-refractivity contribution in [3.8, 4) is 28.4 Å². The van der Waals surface area contributed by atoms with Crippen LogP contribution in [-0.4, -0.2) is 23.0 Å². The lowest BCUT2D eigenvalue weighted by molar-refractivity contribution is 0.0997. The number of primary amides is 1. The molecule has 0 unspecified atom stereocenters. The highest BCUT2D eigenvalue weighted by molar-refractivity contribution is 6.33. The number of amides is 1. The van der Waals surface area contributed by atoms with Gasteiger partial charge in [-0.1, -0.05) is 23.7 Å². The molecule has 0 atom stereocenters. The number of aromatic nitrogens is 2. The Balaban J connectivity index is 2.13. The molecule has 0 radical (unpaired) electrons. The molecule has 3 N–H and O–H groups in total. The Morgan fingerprint density at radius 3 is 2.48 bits per heavy atom. The normalized spacial score (nSPS) is 10.5. The third-order valence-electron chi connectivity index (χ3n) is 3.44. The quantitative estimate of drug-likeness (QED) is 0.769. The minimum atomic E-state index is -0.582. The number of methoxy groups -OCH3 is 1. The standard InChI is InChI=1S/C17H14ClN3O2/c1-23-11-8-6-10(7-9-11)14-15(16(19)22)21-17(20-14)12-4-2-3-5-13(12)18/h2-9H,1H3,(H2,19,22)(H,20,21). The van der Waals surface area contributed by atoms with Gasteiger partial charge >= 0.3 is 0 Å². The highest BCUT2D eigenvalue weighted by Gasteiger charge is 2.18. The first-order valence-electron chi connectivity index (χ1n) is 6.89. The van der Waals surface area contributed by atoms with Gasteiger partial charge in [0.25, 0.3) is 5.91 Å². The predicted octanol–water partition coefficient (Wildman–Crippen LogP) is 3.50. The van der Waals surface area contributed by atoms with Crippen molar-refractivity contribution in [2.45, 2.75) is 0 Å². The molecule has 116 valence electrons. The zero-order chi connectivity index (χ0) is 16.4. The predicted molar refractivity (Wildman–Crippen MR) is 89.5 cm³/mol. The summed E-state index contributed by atoms with van der Waals surface area (Å²) < 4.78 is 5.14. The molecule has 0 aliphatic carbocycles. The summed E-state index contributed by atoms with van der Waals surface area (Å²) >= 11 is 6.19. The van der Waals surface area contributed by atoms with Gasteiger partial charge in [0.15, 0.2) is 0 Å². The van der Waals surface area contributed by atoms with Gasteiger partial charge in [0.05, 0.1) is 12.1 Å². The Morgan fingerprint density at radius 2 is 1.87 bits per heavy atom. The van der Waals surface area contributed by atoms with Gasteiger partial charge in [-0.15, -0.1) is 0 Å². The van der Waals surface area contributed by atoms with Crippen molar-refractivity contribution in [2.24, 2.45) is 5.73 Å². The van der Waals surface area contributed by atoms with E-state index in [2.05, 4.69) is 9.97 Å². The molecule has 3 aromatic rings. The van der Waals surface area contributed by atoms with Crippen LogP contribution in [0.2, 0.25) is 5.02 Å². The molecule has 2 aromatic carbocycles. The zero-order valence-corrected chi connectivity index (χ0v) is 13.1. The number of nitrogens with one attached hydrogen (secondary N) is 1. The van der Waals surface area contributed by atoms with Crippen LogP contribution in [-0.2, 0) is 0 Å². The smallest absolute Gasteiger partial charge is 0.267 e. The van der Waals surface area contributed by atoms with E-state index >= 15 is 0 Å². The molecule has 0 bridgehead atoms. The third kappa shape index (κ3) is 2.91. The summed E-state index contributed by atoms with van der Waals surface area (Å²) in [6.45, 7) is 0. The Labute approximate surface area is 138 Å². The Kier molecular flexibility index (Phi) is 4.04. The number of carbonyl (C=O) groups is 1. The van der Waals surface area contributed by atoms with E-state index < -0.39 is 5.91 Å². The van der Waals surface area contributed by atoms with Gasteiger partial charge < -0.3 is 15.5 Å². The number of aromatic amines is 1. The van der Waals surface area contributed by atoms with E-state index in [1.54, 1.807) is 25.3 Å². The summed E-state index contributed by atoms with van der Waals surface area (Å²) in [5, 5.41) is 0.540. The van der Waals surface area contributed by atoms with Crippen molar-refractivity contribution in [1.29, 1.82) is 0 Å². The maximum Gasteiger partial charge on any atom is 0.267 e. The Hall–Kier alpha value is -2.79. The van der Waals surface area contributed by atoms with Crippen LogP contribution >= 0.6 is 11.6 Å². The number of halogens is 1. The fourth-order valence-electron chi connectivity index (χ4n) is 2.29. The number of nitrogens with zero attached hydrogens (tertiary/aromatic N) is 1. The van der Waals surface area contributed by atoms with Crippen molar-refractivity contribution < 1.29 is 9.53 Å². The number of ether oxygens (including phenoxy) is 1. The number of carbonyl (C=O) groups excluding carboxylic acids is 1. The first kappa shape index (κ1) is 15.1. The number of rotatable bonds is 4. The summed E-state index contributed by atoms with van der Waals surface area (Å²) in [6, 6.07) is 14.5. The average Bonchev–Trinajstić information content (AvgIpc) is 3.01. The molecule has 1 aromatic heterocycles. The Bertz CT molecular complexity index is 857. The van der Waals surface area contributed by atoms with Crippen molar-refractivity contribution in [2.75, 3.05) is 7.11 Å². The summed E-state index contributed by atoms with van der Waals surface area (Å²) in [4.78, 5) is 19.2. The molecule has 0 aliphatic heterocycles. The summed E-state index contributed by atoms with van der Waals surface area (Å²) in [5.41, 5.74) is 7.66. The second-order valence-electron chi connectivity index (χ2n) is 4.88. The van der Waals surface area contributed by atoms with Gasteiger partial charge in [-0.3, -0.25) is 4.79 Å². The second kappa shape index (κ2) is 6.14. The number of H-pyrrole nitrogens is 1. The lowest BCUT2D eigenvalue weighted by Gasteiger charge is -2.02. The van der Waals surface area contributed by atoms with Gasteiger partial charge in [-0.05, 0) is 36.4 Å². The number of hydrogen-bond acceptors (Lipinski definition) is 3. The summed E-state index contributed by atoms with van der Waals surface area (Å²) in [7, 11) is 1.59. The van der Waals surface area contributed by atoms with E-state index in [9.17, 15) is 4.79 Å². The SMILES string of the molecule is COc1ccc(-c2nc(-c3ccccc3Cl)[nH]c2C(N)=O)cc1. The van der Waals surface area contributed by atoms with Crippen LogP contribution in [0.25, 0.3) is 22.6 Å².